The number of rotatable bonds is 6. The van der Waals surface area contributed by atoms with Crippen molar-refractivity contribution in [3.63, 3.8) is 0 Å². The summed E-state index contributed by atoms with van der Waals surface area (Å²) in [5.41, 5.74) is 9.48. The monoisotopic (exact) mass is 287 g/mol. The molecule has 0 bridgehead atoms. The first kappa shape index (κ1) is 15.4. The molecule has 1 aromatic heterocycles. The van der Waals surface area contributed by atoms with Crippen LogP contribution in [-0.2, 0) is 7.05 Å². The number of aromatic nitrogens is 2. The lowest BCUT2D eigenvalue weighted by atomic mass is 9.95. The van der Waals surface area contributed by atoms with Gasteiger partial charge in [0.15, 0.2) is 0 Å². The molecule has 0 saturated heterocycles. The summed E-state index contributed by atoms with van der Waals surface area (Å²) in [6.07, 6.45) is 2.25. The second-order valence-electron chi connectivity index (χ2n) is 5.42. The van der Waals surface area contributed by atoms with Crippen molar-refractivity contribution in [2.24, 2.45) is 7.05 Å². The fourth-order valence-corrected chi connectivity index (χ4v) is 2.65. The van der Waals surface area contributed by atoms with Crippen LogP contribution in [0, 0.1) is 0 Å². The van der Waals surface area contributed by atoms with E-state index in [-0.39, 0.29) is 0 Å². The molecule has 114 valence electrons. The molecule has 21 heavy (non-hydrogen) atoms. The Balaban J connectivity index is 2.42. The van der Waals surface area contributed by atoms with Gasteiger partial charge in [0.2, 0.25) is 0 Å². The van der Waals surface area contributed by atoms with Crippen molar-refractivity contribution in [2.45, 2.75) is 39.5 Å². The smallest absolute Gasteiger partial charge is 0.129 e. The van der Waals surface area contributed by atoms with Crippen LogP contribution in [0.1, 0.15) is 45.2 Å². The molecule has 0 radical (unpaired) electrons. The third-order valence-corrected chi connectivity index (χ3v) is 3.76. The van der Waals surface area contributed by atoms with Gasteiger partial charge < -0.3 is 10.5 Å². The second-order valence-corrected chi connectivity index (χ2v) is 5.42. The number of hydrogen-bond donors (Lipinski definition) is 1. The fraction of sp³-hybridized carbons (Fsp3) is 0.471. The molecular formula is C17H25N3O. The summed E-state index contributed by atoms with van der Waals surface area (Å²) in [5, 5.41) is 4.62. The van der Waals surface area contributed by atoms with Gasteiger partial charge in [0.05, 0.1) is 12.3 Å². The molecule has 1 heterocycles. The van der Waals surface area contributed by atoms with Crippen LogP contribution < -0.4 is 10.5 Å². The minimum absolute atomic E-state index is 0.403. The number of benzene rings is 1. The molecule has 0 aliphatic heterocycles. The maximum absolute atomic E-state index is 6.24. The third kappa shape index (κ3) is 3.20. The van der Waals surface area contributed by atoms with Gasteiger partial charge in [-0.25, -0.2) is 0 Å². The van der Waals surface area contributed by atoms with E-state index in [1.54, 1.807) is 4.68 Å². The van der Waals surface area contributed by atoms with Gasteiger partial charge in [-0.2, -0.15) is 5.10 Å². The summed E-state index contributed by atoms with van der Waals surface area (Å²) in [7, 11) is 1.90. The van der Waals surface area contributed by atoms with E-state index in [1.165, 1.54) is 0 Å². The van der Waals surface area contributed by atoms with Crippen molar-refractivity contribution in [2.75, 3.05) is 12.3 Å². The molecule has 0 saturated carbocycles. The molecule has 1 atom stereocenters. The van der Waals surface area contributed by atoms with Crippen LogP contribution >= 0.6 is 0 Å². The van der Waals surface area contributed by atoms with E-state index >= 15 is 0 Å². The highest BCUT2D eigenvalue weighted by atomic mass is 16.5. The number of hydrogen-bond acceptors (Lipinski definition) is 3. The highest BCUT2D eigenvalue weighted by molar-refractivity contribution is 5.77. The predicted molar refractivity (Wildman–Crippen MR) is 87.5 cm³/mol. The van der Waals surface area contributed by atoms with E-state index in [0.717, 1.165) is 41.2 Å². The first-order chi connectivity index (χ1) is 10.1. The molecule has 4 heteroatoms. The van der Waals surface area contributed by atoms with Crippen molar-refractivity contribution in [1.82, 2.24) is 9.78 Å². The van der Waals surface area contributed by atoms with Crippen molar-refractivity contribution in [1.29, 1.82) is 0 Å². The van der Waals surface area contributed by atoms with Gasteiger partial charge in [0, 0.05) is 18.5 Å². The Kier molecular flexibility index (Phi) is 4.89. The molecule has 1 unspecified atom stereocenters. The SMILES string of the molecule is CCCC(C)c1nn(C)c(N)c1-c1ccc(OCC)cc1. The highest BCUT2D eigenvalue weighted by Crippen LogP contribution is 2.35. The molecule has 2 N–H and O–H groups in total. The van der Waals surface area contributed by atoms with Crippen LogP contribution in [0.25, 0.3) is 11.1 Å². The zero-order chi connectivity index (χ0) is 15.4. The Hall–Kier alpha value is -1.97. The maximum atomic E-state index is 6.24. The van der Waals surface area contributed by atoms with Crippen molar-refractivity contribution in [3.8, 4) is 16.9 Å². The zero-order valence-corrected chi connectivity index (χ0v) is 13.4. The molecule has 0 amide bonds. The number of nitrogens with zero attached hydrogens (tertiary/aromatic N) is 2. The predicted octanol–water partition coefficient (Wildman–Crippen LogP) is 3.97. The number of nitrogen functional groups attached to an aromatic ring is 1. The first-order valence-corrected chi connectivity index (χ1v) is 7.64. The lowest BCUT2D eigenvalue weighted by Crippen LogP contribution is -1.98. The van der Waals surface area contributed by atoms with Crippen LogP contribution in [0.5, 0.6) is 5.75 Å². The van der Waals surface area contributed by atoms with Gasteiger partial charge in [0.25, 0.3) is 0 Å². The van der Waals surface area contributed by atoms with E-state index in [9.17, 15) is 0 Å². The number of anilines is 1. The average molecular weight is 287 g/mol. The van der Waals surface area contributed by atoms with Crippen LogP contribution in [-0.4, -0.2) is 16.4 Å². The minimum Gasteiger partial charge on any atom is -0.494 e. The van der Waals surface area contributed by atoms with E-state index in [1.807, 2.05) is 26.1 Å². The van der Waals surface area contributed by atoms with Crippen LogP contribution in [0.2, 0.25) is 0 Å². The molecule has 4 nitrogen and oxygen atoms in total. The van der Waals surface area contributed by atoms with E-state index in [4.69, 9.17) is 10.5 Å². The highest BCUT2D eigenvalue weighted by Gasteiger charge is 2.20. The van der Waals surface area contributed by atoms with Gasteiger partial charge in [0.1, 0.15) is 11.6 Å². The van der Waals surface area contributed by atoms with E-state index < -0.39 is 0 Å². The van der Waals surface area contributed by atoms with Gasteiger partial charge in [-0.15, -0.1) is 0 Å². The van der Waals surface area contributed by atoms with Gasteiger partial charge in [-0.05, 0) is 31.0 Å². The molecule has 1 aromatic carbocycles. The summed E-state index contributed by atoms with van der Waals surface area (Å²) < 4.78 is 7.27. The molecule has 2 rings (SSSR count). The lowest BCUT2D eigenvalue weighted by molar-refractivity contribution is 0.340. The van der Waals surface area contributed by atoms with Gasteiger partial charge >= 0.3 is 0 Å². The molecule has 0 aliphatic rings. The van der Waals surface area contributed by atoms with Crippen LogP contribution in [0.4, 0.5) is 5.82 Å². The first-order valence-electron chi connectivity index (χ1n) is 7.64. The van der Waals surface area contributed by atoms with E-state index in [2.05, 4.69) is 31.1 Å². The number of nitrogens with two attached hydrogens (primary N) is 1. The van der Waals surface area contributed by atoms with Crippen molar-refractivity contribution < 1.29 is 4.74 Å². The maximum Gasteiger partial charge on any atom is 0.129 e. The molecular weight excluding hydrogens is 262 g/mol. The Bertz CT molecular complexity index is 587. The van der Waals surface area contributed by atoms with Crippen molar-refractivity contribution >= 4 is 5.82 Å². The molecule has 0 spiro atoms. The van der Waals surface area contributed by atoms with E-state index in [0.29, 0.717) is 12.5 Å². The molecule has 0 aliphatic carbocycles. The van der Waals surface area contributed by atoms with Gasteiger partial charge in [-0.1, -0.05) is 32.4 Å². The van der Waals surface area contributed by atoms with Crippen LogP contribution in [0.15, 0.2) is 24.3 Å². The topological polar surface area (TPSA) is 53.1 Å². The average Bonchev–Trinajstić information content (AvgIpc) is 2.77. The third-order valence-electron chi connectivity index (χ3n) is 3.76. The Morgan fingerprint density at radius 2 is 1.90 bits per heavy atom. The summed E-state index contributed by atoms with van der Waals surface area (Å²) >= 11 is 0. The quantitative estimate of drug-likeness (QED) is 0.874. The van der Waals surface area contributed by atoms with Crippen LogP contribution in [0.3, 0.4) is 0 Å². The standard InChI is InChI=1S/C17H25N3O/c1-5-7-12(3)16-15(17(18)20(4)19-16)13-8-10-14(11-9-13)21-6-2/h8-12H,5-7,18H2,1-4H3. The summed E-state index contributed by atoms with van der Waals surface area (Å²) in [5.74, 6) is 2.00. The summed E-state index contributed by atoms with van der Waals surface area (Å²) in [4.78, 5) is 0. The fourth-order valence-electron chi connectivity index (χ4n) is 2.65. The lowest BCUT2D eigenvalue weighted by Gasteiger charge is -2.11. The zero-order valence-electron chi connectivity index (χ0n) is 13.4. The summed E-state index contributed by atoms with van der Waals surface area (Å²) in [6.45, 7) is 7.06. The molecule has 0 fully saturated rings. The Labute approximate surface area is 126 Å². The summed E-state index contributed by atoms with van der Waals surface area (Å²) in [6, 6.07) is 8.08. The Morgan fingerprint density at radius 3 is 2.48 bits per heavy atom. The molecule has 2 aromatic rings. The number of aryl methyl sites for hydroxylation is 1. The normalized spacial score (nSPS) is 12.4. The Morgan fingerprint density at radius 1 is 1.24 bits per heavy atom. The second kappa shape index (κ2) is 6.66. The van der Waals surface area contributed by atoms with Gasteiger partial charge in [-0.3, -0.25) is 4.68 Å². The largest absolute Gasteiger partial charge is 0.494 e. The minimum atomic E-state index is 0.403. The van der Waals surface area contributed by atoms with Crippen molar-refractivity contribution in [3.05, 3.63) is 30.0 Å². The number of ether oxygens (including phenoxy) is 1.